The minimum absolute atomic E-state index is 0.188. The second-order valence-corrected chi connectivity index (χ2v) is 6.36. The van der Waals surface area contributed by atoms with Crippen molar-refractivity contribution in [3.8, 4) is 0 Å². The summed E-state index contributed by atoms with van der Waals surface area (Å²) >= 11 is 18.1. The van der Waals surface area contributed by atoms with Gasteiger partial charge < -0.3 is 5.32 Å². The van der Waals surface area contributed by atoms with Gasteiger partial charge in [-0.15, -0.1) is 0 Å². The molecular weight excluding hydrogens is 353 g/mol. The zero-order valence-electron chi connectivity index (χ0n) is 11.9. The van der Waals surface area contributed by atoms with Gasteiger partial charge in [-0.1, -0.05) is 77.3 Å². The van der Waals surface area contributed by atoms with E-state index >= 15 is 0 Å². The molecule has 5 heteroatoms. The molecule has 0 saturated carbocycles. The van der Waals surface area contributed by atoms with E-state index in [-0.39, 0.29) is 12.3 Å². The molecule has 0 spiro atoms. The summed E-state index contributed by atoms with van der Waals surface area (Å²) in [6.45, 7) is 0. The lowest BCUT2D eigenvalue weighted by atomic mass is 10.0. The van der Waals surface area contributed by atoms with Crippen LogP contribution in [-0.4, -0.2) is 5.91 Å². The van der Waals surface area contributed by atoms with Gasteiger partial charge in [0.15, 0.2) is 0 Å². The van der Waals surface area contributed by atoms with Gasteiger partial charge in [0.05, 0.1) is 22.2 Å². The molecule has 0 atom stereocenters. The van der Waals surface area contributed by atoms with Crippen molar-refractivity contribution >= 4 is 57.2 Å². The largest absolute Gasteiger partial charge is 0.323 e. The molecule has 0 aliphatic rings. The van der Waals surface area contributed by atoms with Crippen LogP contribution >= 0.6 is 34.8 Å². The number of rotatable bonds is 3. The van der Waals surface area contributed by atoms with Crippen LogP contribution < -0.4 is 5.32 Å². The third-order valence-corrected chi connectivity index (χ3v) is 4.32. The van der Waals surface area contributed by atoms with Crippen molar-refractivity contribution in [1.82, 2.24) is 0 Å². The minimum atomic E-state index is -0.188. The third-order valence-electron chi connectivity index (χ3n) is 3.50. The number of hydrogen-bond donors (Lipinski definition) is 1. The number of benzene rings is 3. The maximum absolute atomic E-state index is 12.4. The Bertz CT molecular complexity index is 864. The Morgan fingerprint density at radius 1 is 0.913 bits per heavy atom. The quantitative estimate of drug-likeness (QED) is 0.608. The number of hydrogen-bond acceptors (Lipinski definition) is 1. The molecule has 1 amide bonds. The normalized spacial score (nSPS) is 10.7. The van der Waals surface area contributed by atoms with Crippen LogP contribution in [0.2, 0.25) is 15.1 Å². The van der Waals surface area contributed by atoms with Gasteiger partial charge in [-0.3, -0.25) is 4.79 Å². The maximum atomic E-state index is 12.4. The van der Waals surface area contributed by atoms with E-state index < -0.39 is 0 Å². The molecule has 2 nitrogen and oxygen atoms in total. The smallest absolute Gasteiger partial charge is 0.228 e. The molecule has 0 aromatic heterocycles. The molecule has 0 radical (unpaired) electrons. The van der Waals surface area contributed by atoms with E-state index in [4.69, 9.17) is 34.8 Å². The van der Waals surface area contributed by atoms with Crippen LogP contribution in [0.15, 0.2) is 54.6 Å². The van der Waals surface area contributed by atoms with Crippen LogP contribution in [0.5, 0.6) is 0 Å². The van der Waals surface area contributed by atoms with Crippen molar-refractivity contribution in [1.29, 1.82) is 0 Å². The van der Waals surface area contributed by atoms with Gasteiger partial charge in [-0.2, -0.15) is 0 Å². The monoisotopic (exact) mass is 363 g/mol. The van der Waals surface area contributed by atoms with E-state index in [0.717, 1.165) is 16.3 Å². The summed E-state index contributed by atoms with van der Waals surface area (Å²) < 4.78 is 0. The molecular formula is C18H12Cl3NO. The van der Waals surface area contributed by atoms with Crippen LogP contribution in [0.4, 0.5) is 5.69 Å². The van der Waals surface area contributed by atoms with Crippen molar-refractivity contribution in [3.05, 3.63) is 75.2 Å². The first-order valence-corrected chi connectivity index (χ1v) is 8.09. The second kappa shape index (κ2) is 6.79. The molecule has 0 saturated heterocycles. The van der Waals surface area contributed by atoms with Crippen LogP contribution in [0.1, 0.15) is 5.56 Å². The molecule has 0 bridgehead atoms. The predicted octanol–water partition coefficient (Wildman–Crippen LogP) is 5.98. The molecule has 3 aromatic carbocycles. The lowest BCUT2D eigenvalue weighted by molar-refractivity contribution is -0.115. The number of nitrogens with one attached hydrogen (secondary N) is 1. The minimum Gasteiger partial charge on any atom is -0.323 e. The van der Waals surface area contributed by atoms with Gasteiger partial charge in [-0.25, -0.2) is 0 Å². The average Bonchev–Trinajstić information content (AvgIpc) is 2.51. The van der Waals surface area contributed by atoms with Gasteiger partial charge in [0, 0.05) is 5.02 Å². The molecule has 0 aliphatic heterocycles. The summed E-state index contributed by atoms with van der Waals surface area (Å²) in [6.07, 6.45) is 0.233. The number of anilines is 1. The molecule has 3 rings (SSSR count). The van der Waals surface area contributed by atoms with Crippen molar-refractivity contribution in [3.63, 3.8) is 0 Å². The highest BCUT2D eigenvalue weighted by Gasteiger charge is 2.12. The average molecular weight is 365 g/mol. The lowest BCUT2D eigenvalue weighted by Crippen LogP contribution is -2.15. The number of fused-ring (bicyclic) bond motifs is 1. The van der Waals surface area contributed by atoms with Gasteiger partial charge >= 0.3 is 0 Å². The first kappa shape index (κ1) is 16.1. The molecule has 0 aliphatic carbocycles. The number of carbonyl (C=O) groups is 1. The third kappa shape index (κ3) is 3.61. The number of amides is 1. The maximum Gasteiger partial charge on any atom is 0.228 e. The summed E-state index contributed by atoms with van der Waals surface area (Å²) in [4.78, 5) is 12.4. The fourth-order valence-corrected chi connectivity index (χ4v) is 3.38. The van der Waals surface area contributed by atoms with E-state index in [0.29, 0.717) is 20.8 Å². The topological polar surface area (TPSA) is 29.1 Å². The zero-order chi connectivity index (χ0) is 16.4. The number of carbonyl (C=O) groups excluding carboxylic acids is 1. The second-order valence-electron chi connectivity index (χ2n) is 5.11. The van der Waals surface area contributed by atoms with E-state index in [2.05, 4.69) is 5.32 Å². The predicted molar refractivity (Wildman–Crippen MR) is 97.8 cm³/mol. The molecule has 116 valence electrons. The SMILES string of the molecule is O=C(Cc1cccc2ccccc12)Nc1c(Cl)cc(Cl)cc1Cl. The molecule has 23 heavy (non-hydrogen) atoms. The highest BCUT2D eigenvalue weighted by atomic mass is 35.5. The highest BCUT2D eigenvalue weighted by molar-refractivity contribution is 6.42. The summed E-state index contributed by atoms with van der Waals surface area (Å²) in [6, 6.07) is 16.9. The Balaban J connectivity index is 1.85. The van der Waals surface area contributed by atoms with E-state index in [1.807, 2.05) is 42.5 Å². The fourth-order valence-electron chi connectivity index (χ4n) is 2.46. The van der Waals surface area contributed by atoms with Crippen LogP contribution in [0, 0.1) is 0 Å². The van der Waals surface area contributed by atoms with Gasteiger partial charge in [-0.05, 0) is 28.5 Å². The Kier molecular flexibility index (Phi) is 4.76. The van der Waals surface area contributed by atoms with Crippen molar-refractivity contribution in [2.45, 2.75) is 6.42 Å². The fraction of sp³-hybridized carbons (Fsp3) is 0.0556. The standard InChI is InChI=1S/C18H12Cl3NO/c19-13-9-15(20)18(16(21)10-13)22-17(23)8-12-6-3-5-11-4-1-2-7-14(11)12/h1-7,9-10H,8H2,(H,22,23). The number of halogens is 3. The first-order chi connectivity index (χ1) is 11.0. The molecule has 1 N–H and O–H groups in total. The summed E-state index contributed by atoms with van der Waals surface area (Å²) in [5.74, 6) is -0.188. The Hall–Kier alpha value is -1.74. The van der Waals surface area contributed by atoms with Crippen LogP contribution in [0.25, 0.3) is 10.8 Å². The summed E-state index contributed by atoms with van der Waals surface area (Å²) in [5, 5.41) is 5.96. The zero-order valence-corrected chi connectivity index (χ0v) is 14.2. The lowest BCUT2D eigenvalue weighted by Gasteiger charge is -2.11. The Labute approximate surface area is 149 Å². The van der Waals surface area contributed by atoms with Crippen LogP contribution in [-0.2, 0) is 11.2 Å². The molecule has 3 aromatic rings. The van der Waals surface area contributed by atoms with Gasteiger partial charge in [0.2, 0.25) is 5.91 Å². The molecule has 0 unspecified atom stereocenters. The molecule has 0 fully saturated rings. The summed E-state index contributed by atoms with van der Waals surface area (Å²) in [7, 11) is 0. The summed E-state index contributed by atoms with van der Waals surface area (Å²) in [5.41, 5.74) is 1.32. The van der Waals surface area contributed by atoms with Crippen LogP contribution in [0.3, 0.4) is 0 Å². The van der Waals surface area contributed by atoms with E-state index in [1.165, 1.54) is 0 Å². The Morgan fingerprint density at radius 3 is 2.30 bits per heavy atom. The Morgan fingerprint density at radius 2 is 1.57 bits per heavy atom. The first-order valence-electron chi connectivity index (χ1n) is 6.95. The van der Waals surface area contributed by atoms with E-state index in [9.17, 15) is 4.79 Å². The molecule has 0 heterocycles. The van der Waals surface area contributed by atoms with Crippen molar-refractivity contribution in [2.75, 3.05) is 5.32 Å². The van der Waals surface area contributed by atoms with Crippen molar-refractivity contribution < 1.29 is 4.79 Å². The van der Waals surface area contributed by atoms with Crippen molar-refractivity contribution in [2.24, 2.45) is 0 Å². The van der Waals surface area contributed by atoms with Gasteiger partial charge in [0.25, 0.3) is 0 Å². The highest BCUT2D eigenvalue weighted by Crippen LogP contribution is 2.33. The van der Waals surface area contributed by atoms with Gasteiger partial charge in [0.1, 0.15) is 0 Å². The van der Waals surface area contributed by atoms with E-state index in [1.54, 1.807) is 12.1 Å².